The molecule has 0 saturated carbocycles. The molecule has 0 fully saturated rings. The third kappa shape index (κ3) is 5.68. The van der Waals surface area contributed by atoms with Gasteiger partial charge in [-0.15, -0.1) is 0 Å². The second-order valence-electron chi connectivity index (χ2n) is 5.84. The van der Waals surface area contributed by atoms with E-state index in [4.69, 9.17) is 4.74 Å². The van der Waals surface area contributed by atoms with Gasteiger partial charge in [0.2, 0.25) is 0 Å². The summed E-state index contributed by atoms with van der Waals surface area (Å²) in [5, 5.41) is 3.68. The van der Waals surface area contributed by atoms with Crippen LogP contribution < -0.4 is 10.1 Å². The zero-order valence-corrected chi connectivity index (χ0v) is 14.4. The number of para-hydroxylation sites is 1. The van der Waals surface area contributed by atoms with Crippen LogP contribution in [0, 0.1) is 0 Å². The Bertz CT molecular complexity index is 393. The molecule has 0 spiro atoms. The summed E-state index contributed by atoms with van der Waals surface area (Å²) < 4.78 is 5.55. The summed E-state index contributed by atoms with van der Waals surface area (Å²) in [6, 6.07) is 9.23. The first-order valence-electron chi connectivity index (χ1n) is 8.24. The molecule has 0 heterocycles. The lowest BCUT2D eigenvalue weighted by Gasteiger charge is -2.31. The number of rotatable bonds is 10. The van der Waals surface area contributed by atoms with Gasteiger partial charge in [-0.1, -0.05) is 32.0 Å². The summed E-state index contributed by atoms with van der Waals surface area (Å²) in [6.45, 7) is 12.2. The molecular weight excluding hydrogens is 260 g/mol. The third-order valence-electron chi connectivity index (χ3n) is 3.81. The average Bonchev–Trinajstić information content (AvgIpc) is 2.50. The summed E-state index contributed by atoms with van der Waals surface area (Å²) in [4.78, 5) is 2.54. The Labute approximate surface area is 130 Å². The molecule has 1 unspecified atom stereocenters. The molecule has 0 saturated heterocycles. The van der Waals surface area contributed by atoms with Crippen molar-refractivity contribution in [1.82, 2.24) is 10.2 Å². The van der Waals surface area contributed by atoms with Crippen LogP contribution in [0.3, 0.4) is 0 Å². The van der Waals surface area contributed by atoms with Crippen LogP contribution in [0.5, 0.6) is 5.75 Å². The van der Waals surface area contributed by atoms with Gasteiger partial charge in [0, 0.05) is 24.2 Å². The van der Waals surface area contributed by atoms with E-state index >= 15 is 0 Å². The van der Waals surface area contributed by atoms with Crippen LogP contribution in [0.15, 0.2) is 24.3 Å². The Morgan fingerprint density at radius 2 is 1.86 bits per heavy atom. The fraction of sp³-hybridized carbons (Fsp3) is 0.667. The van der Waals surface area contributed by atoms with E-state index in [2.05, 4.69) is 56.1 Å². The predicted octanol–water partition coefficient (Wildman–Crippen LogP) is 3.86. The first kappa shape index (κ1) is 18.0. The first-order valence-corrected chi connectivity index (χ1v) is 8.24. The van der Waals surface area contributed by atoms with Crippen molar-refractivity contribution >= 4 is 0 Å². The lowest BCUT2D eigenvalue weighted by molar-refractivity contribution is 0.196. The van der Waals surface area contributed by atoms with E-state index in [1.807, 2.05) is 6.07 Å². The van der Waals surface area contributed by atoms with Crippen LogP contribution >= 0.6 is 0 Å². The molecule has 3 nitrogen and oxygen atoms in total. The average molecular weight is 292 g/mol. The molecule has 0 aliphatic carbocycles. The van der Waals surface area contributed by atoms with E-state index in [9.17, 15) is 0 Å². The number of nitrogens with one attached hydrogen (secondary N) is 1. The summed E-state index contributed by atoms with van der Waals surface area (Å²) in [5.74, 6) is 0.978. The van der Waals surface area contributed by atoms with Crippen LogP contribution in [0.4, 0.5) is 0 Å². The normalized spacial score (nSPS) is 12.9. The molecule has 0 aliphatic heterocycles. The molecule has 3 heteroatoms. The molecule has 120 valence electrons. The molecule has 1 aromatic carbocycles. The minimum absolute atomic E-state index is 0.315. The fourth-order valence-electron chi connectivity index (χ4n) is 2.63. The molecule has 1 N–H and O–H groups in total. The standard InChI is InChI=1S/C18H32N2O/c1-6-12-19-17(14-20(13-7-2)15(3)4)16-10-8-9-11-18(16)21-5/h8-11,15,17,19H,6-7,12-14H2,1-5H3. The van der Waals surface area contributed by atoms with Crippen LogP contribution in [-0.2, 0) is 0 Å². The Morgan fingerprint density at radius 1 is 1.14 bits per heavy atom. The molecule has 1 atom stereocenters. The molecule has 1 rings (SSSR count). The van der Waals surface area contributed by atoms with E-state index in [1.54, 1.807) is 7.11 Å². The highest BCUT2D eigenvalue weighted by molar-refractivity contribution is 5.36. The van der Waals surface area contributed by atoms with Crippen molar-refractivity contribution in [3.8, 4) is 5.75 Å². The molecule has 0 amide bonds. The van der Waals surface area contributed by atoms with Gasteiger partial charge in [-0.05, 0) is 45.8 Å². The monoisotopic (exact) mass is 292 g/mol. The number of methoxy groups -OCH3 is 1. The molecule has 0 bridgehead atoms. The van der Waals surface area contributed by atoms with E-state index in [0.29, 0.717) is 12.1 Å². The van der Waals surface area contributed by atoms with Gasteiger partial charge < -0.3 is 10.1 Å². The minimum atomic E-state index is 0.315. The van der Waals surface area contributed by atoms with Crippen LogP contribution in [-0.4, -0.2) is 37.7 Å². The number of benzene rings is 1. The topological polar surface area (TPSA) is 24.5 Å². The van der Waals surface area contributed by atoms with Crippen molar-refractivity contribution in [2.45, 2.75) is 52.6 Å². The summed E-state index contributed by atoms with van der Waals surface area (Å²) >= 11 is 0. The SMILES string of the molecule is CCCNC(CN(CCC)C(C)C)c1ccccc1OC. The van der Waals surface area contributed by atoms with E-state index in [1.165, 1.54) is 12.0 Å². The van der Waals surface area contributed by atoms with Crippen LogP contribution in [0.1, 0.15) is 52.1 Å². The number of hydrogen-bond acceptors (Lipinski definition) is 3. The predicted molar refractivity (Wildman–Crippen MR) is 91.0 cm³/mol. The molecule has 0 aromatic heterocycles. The van der Waals surface area contributed by atoms with Crippen molar-refractivity contribution in [2.24, 2.45) is 0 Å². The van der Waals surface area contributed by atoms with Crippen molar-refractivity contribution in [2.75, 3.05) is 26.7 Å². The molecule has 0 radical (unpaired) electrons. The highest BCUT2D eigenvalue weighted by Gasteiger charge is 2.19. The van der Waals surface area contributed by atoms with E-state index in [-0.39, 0.29) is 0 Å². The Balaban J connectivity index is 2.93. The largest absolute Gasteiger partial charge is 0.496 e. The molecule has 1 aromatic rings. The summed E-state index contributed by atoms with van der Waals surface area (Å²) in [5.41, 5.74) is 1.26. The maximum Gasteiger partial charge on any atom is 0.123 e. The zero-order chi connectivity index (χ0) is 15.7. The van der Waals surface area contributed by atoms with Crippen LogP contribution in [0.2, 0.25) is 0 Å². The van der Waals surface area contributed by atoms with Crippen molar-refractivity contribution in [1.29, 1.82) is 0 Å². The Hall–Kier alpha value is -1.06. The zero-order valence-electron chi connectivity index (χ0n) is 14.4. The van der Waals surface area contributed by atoms with Gasteiger partial charge in [0.25, 0.3) is 0 Å². The molecule has 0 aliphatic rings. The summed E-state index contributed by atoms with van der Waals surface area (Å²) in [7, 11) is 1.75. The smallest absolute Gasteiger partial charge is 0.123 e. The van der Waals surface area contributed by atoms with Crippen LogP contribution in [0.25, 0.3) is 0 Å². The van der Waals surface area contributed by atoms with Gasteiger partial charge in [0.05, 0.1) is 7.11 Å². The van der Waals surface area contributed by atoms with Gasteiger partial charge in [0.1, 0.15) is 5.75 Å². The summed E-state index contributed by atoms with van der Waals surface area (Å²) in [6.07, 6.45) is 2.33. The van der Waals surface area contributed by atoms with Gasteiger partial charge in [0.15, 0.2) is 0 Å². The van der Waals surface area contributed by atoms with Crippen molar-refractivity contribution in [3.05, 3.63) is 29.8 Å². The first-order chi connectivity index (χ1) is 10.1. The Kier molecular flexibility index (Phi) is 8.40. The lowest BCUT2D eigenvalue weighted by Crippen LogP contribution is -2.40. The van der Waals surface area contributed by atoms with Gasteiger partial charge >= 0.3 is 0 Å². The van der Waals surface area contributed by atoms with Gasteiger partial charge in [-0.3, -0.25) is 4.90 Å². The second kappa shape index (κ2) is 9.80. The number of ether oxygens (including phenoxy) is 1. The minimum Gasteiger partial charge on any atom is -0.496 e. The lowest BCUT2D eigenvalue weighted by atomic mass is 10.0. The van der Waals surface area contributed by atoms with E-state index in [0.717, 1.165) is 31.8 Å². The highest BCUT2D eigenvalue weighted by atomic mass is 16.5. The third-order valence-corrected chi connectivity index (χ3v) is 3.81. The van der Waals surface area contributed by atoms with Crippen molar-refractivity contribution in [3.63, 3.8) is 0 Å². The molecular formula is C18H32N2O. The highest BCUT2D eigenvalue weighted by Crippen LogP contribution is 2.26. The second-order valence-corrected chi connectivity index (χ2v) is 5.84. The number of nitrogens with zero attached hydrogens (tertiary/aromatic N) is 1. The van der Waals surface area contributed by atoms with E-state index < -0.39 is 0 Å². The van der Waals surface area contributed by atoms with Gasteiger partial charge in [-0.25, -0.2) is 0 Å². The molecule has 21 heavy (non-hydrogen) atoms. The quantitative estimate of drug-likeness (QED) is 0.709. The Morgan fingerprint density at radius 3 is 2.43 bits per heavy atom. The fourth-order valence-corrected chi connectivity index (χ4v) is 2.63. The number of hydrogen-bond donors (Lipinski definition) is 1. The van der Waals surface area contributed by atoms with Crippen molar-refractivity contribution < 1.29 is 4.74 Å². The maximum absolute atomic E-state index is 5.55. The van der Waals surface area contributed by atoms with Gasteiger partial charge in [-0.2, -0.15) is 0 Å². The maximum atomic E-state index is 5.55.